The molecule has 0 bridgehead atoms. The molecular weight excluding hydrogens is 344 g/mol. The molecule has 3 rings (SSSR count). The lowest BCUT2D eigenvalue weighted by Crippen LogP contribution is -2.26. The largest absolute Gasteiger partial charge is 0.479 e. The van der Waals surface area contributed by atoms with E-state index in [0.717, 1.165) is 16.5 Å². The van der Waals surface area contributed by atoms with Crippen molar-refractivity contribution in [1.82, 2.24) is 0 Å². The maximum Gasteiger partial charge on any atom is 0.347 e. The second-order valence-electron chi connectivity index (χ2n) is 6.33. The highest BCUT2D eigenvalue weighted by molar-refractivity contribution is 5.82. The summed E-state index contributed by atoms with van der Waals surface area (Å²) >= 11 is 0. The first-order valence-electron chi connectivity index (χ1n) is 8.93. The molecule has 0 spiro atoms. The fraction of sp³-hybridized carbons (Fsp3) is 0.273. The third kappa shape index (κ3) is 4.19. The first-order chi connectivity index (χ1) is 13.0. The van der Waals surface area contributed by atoms with Crippen LogP contribution >= 0.6 is 0 Å². The molecule has 0 saturated heterocycles. The van der Waals surface area contributed by atoms with Gasteiger partial charge in [0.1, 0.15) is 11.3 Å². The van der Waals surface area contributed by atoms with Gasteiger partial charge in [0.05, 0.1) is 6.61 Å². The van der Waals surface area contributed by atoms with Crippen molar-refractivity contribution in [3.05, 3.63) is 75.6 Å². The summed E-state index contributed by atoms with van der Waals surface area (Å²) in [6.07, 6.45) is -0.226. The van der Waals surface area contributed by atoms with Gasteiger partial charge in [-0.2, -0.15) is 0 Å². The molecule has 0 radical (unpaired) electrons. The van der Waals surface area contributed by atoms with Crippen molar-refractivity contribution in [3.8, 4) is 5.75 Å². The van der Waals surface area contributed by atoms with Crippen LogP contribution in [0.25, 0.3) is 11.0 Å². The molecule has 0 saturated carbocycles. The smallest absolute Gasteiger partial charge is 0.347 e. The molecule has 5 heteroatoms. The predicted molar refractivity (Wildman–Crippen MR) is 103 cm³/mol. The van der Waals surface area contributed by atoms with E-state index in [4.69, 9.17) is 13.9 Å². The van der Waals surface area contributed by atoms with Crippen LogP contribution in [-0.2, 0) is 16.0 Å². The minimum Gasteiger partial charge on any atom is -0.479 e. The number of rotatable bonds is 6. The molecule has 1 aromatic heterocycles. The predicted octanol–water partition coefficient (Wildman–Crippen LogP) is 4.02. The summed E-state index contributed by atoms with van der Waals surface area (Å²) in [6.45, 7) is 5.57. The van der Waals surface area contributed by atoms with E-state index in [1.165, 1.54) is 0 Å². The molecule has 2 aromatic carbocycles. The van der Waals surface area contributed by atoms with E-state index < -0.39 is 12.1 Å². The first-order valence-corrected chi connectivity index (χ1v) is 8.93. The van der Waals surface area contributed by atoms with Gasteiger partial charge in [-0.15, -0.1) is 0 Å². The van der Waals surface area contributed by atoms with E-state index in [0.29, 0.717) is 29.9 Å². The molecule has 0 N–H and O–H groups in total. The van der Waals surface area contributed by atoms with Crippen molar-refractivity contribution in [1.29, 1.82) is 0 Å². The number of carbonyl (C=O) groups excluding carboxylic acids is 1. The molecule has 0 fully saturated rings. The van der Waals surface area contributed by atoms with Crippen LogP contribution in [-0.4, -0.2) is 18.7 Å². The lowest BCUT2D eigenvalue weighted by atomic mass is 10.00. The molecule has 0 unspecified atom stereocenters. The summed E-state index contributed by atoms with van der Waals surface area (Å²) in [5, 5.41) is 0.844. The maximum atomic E-state index is 12.5. The number of aryl methyl sites for hydroxylation is 1. The van der Waals surface area contributed by atoms with Crippen LogP contribution in [0.3, 0.4) is 0 Å². The zero-order valence-electron chi connectivity index (χ0n) is 15.7. The van der Waals surface area contributed by atoms with Gasteiger partial charge in [0, 0.05) is 23.4 Å². The van der Waals surface area contributed by atoms with Gasteiger partial charge in [0.25, 0.3) is 0 Å². The van der Waals surface area contributed by atoms with Crippen LogP contribution < -0.4 is 10.4 Å². The van der Waals surface area contributed by atoms with Gasteiger partial charge < -0.3 is 13.9 Å². The minimum absolute atomic E-state index is 0.294. The van der Waals surface area contributed by atoms with Gasteiger partial charge in [0.2, 0.25) is 0 Å². The monoisotopic (exact) mass is 366 g/mol. The second kappa shape index (κ2) is 8.08. The van der Waals surface area contributed by atoms with Crippen molar-refractivity contribution in [2.75, 3.05) is 6.61 Å². The molecule has 0 aliphatic carbocycles. The number of hydrogen-bond acceptors (Lipinski definition) is 5. The average molecular weight is 366 g/mol. The number of esters is 1. The maximum absolute atomic E-state index is 12.5. The summed E-state index contributed by atoms with van der Waals surface area (Å²) in [4.78, 5) is 24.2. The zero-order chi connectivity index (χ0) is 19.4. The van der Waals surface area contributed by atoms with Crippen LogP contribution in [0.4, 0.5) is 0 Å². The molecular formula is C22H22O5. The van der Waals surface area contributed by atoms with Gasteiger partial charge >= 0.3 is 11.6 Å². The van der Waals surface area contributed by atoms with E-state index >= 15 is 0 Å². The van der Waals surface area contributed by atoms with E-state index in [1.807, 2.05) is 43.3 Å². The van der Waals surface area contributed by atoms with Gasteiger partial charge in [0.15, 0.2) is 6.10 Å². The Bertz CT molecular complexity index is 1000. The number of fused-ring (bicyclic) bond motifs is 1. The Kier molecular flexibility index (Phi) is 5.60. The van der Waals surface area contributed by atoms with Gasteiger partial charge in [-0.25, -0.2) is 9.59 Å². The SMILES string of the molecule is CCOC(=O)[C@H](C)Oc1ccc2c(C)c(Cc3ccccc3)c(=O)oc2c1. The van der Waals surface area contributed by atoms with Gasteiger partial charge in [-0.05, 0) is 44.0 Å². The molecule has 140 valence electrons. The summed E-state index contributed by atoms with van der Waals surface area (Å²) in [5.74, 6) is 0.00912. The van der Waals surface area contributed by atoms with Crippen molar-refractivity contribution >= 4 is 16.9 Å². The minimum atomic E-state index is -0.743. The summed E-state index contributed by atoms with van der Waals surface area (Å²) < 4.78 is 16.1. The van der Waals surface area contributed by atoms with Crippen LogP contribution in [0.5, 0.6) is 5.75 Å². The Labute approximate surface area is 157 Å². The number of carbonyl (C=O) groups is 1. The topological polar surface area (TPSA) is 65.7 Å². The zero-order valence-corrected chi connectivity index (χ0v) is 15.7. The van der Waals surface area contributed by atoms with Crippen LogP contribution in [0.15, 0.2) is 57.7 Å². The molecule has 0 aliphatic rings. The average Bonchev–Trinajstić information content (AvgIpc) is 2.66. The van der Waals surface area contributed by atoms with Gasteiger partial charge in [-0.1, -0.05) is 30.3 Å². The highest BCUT2D eigenvalue weighted by atomic mass is 16.6. The second-order valence-corrected chi connectivity index (χ2v) is 6.33. The highest BCUT2D eigenvalue weighted by Gasteiger charge is 2.17. The quantitative estimate of drug-likeness (QED) is 0.487. The fourth-order valence-electron chi connectivity index (χ4n) is 2.96. The van der Waals surface area contributed by atoms with Crippen molar-refractivity contribution < 1.29 is 18.7 Å². The third-order valence-corrected chi connectivity index (χ3v) is 4.41. The van der Waals surface area contributed by atoms with Crippen LogP contribution in [0, 0.1) is 6.92 Å². The van der Waals surface area contributed by atoms with Crippen LogP contribution in [0.2, 0.25) is 0 Å². The lowest BCUT2D eigenvalue weighted by molar-refractivity contribution is -0.150. The van der Waals surface area contributed by atoms with Crippen molar-refractivity contribution in [3.63, 3.8) is 0 Å². The summed E-state index contributed by atoms with van der Waals surface area (Å²) in [7, 11) is 0. The summed E-state index contributed by atoms with van der Waals surface area (Å²) in [5.41, 5.74) is 2.65. The van der Waals surface area contributed by atoms with Crippen LogP contribution in [0.1, 0.15) is 30.5 Å². The Balaban J connectivity index is 1.91. The van der Waals surface area contributed by atoms with E-state index in [9.17, 15) is 9.59 Å². The number of benzene rings is 2. The number of ether oxygens (including phenoxy) is 2. The molecule has 3 aromatic rings. The van der Waals surface area contributed by atoms with E-state index in [1.54, 1.807) is 26.0 Å². The first kappa shape index (κ1) is 18.7. The van der Waals surface area contributed by atoms with Crippen molar-refractivity contribution in [2.24, 2.45) is 0 Å². The Morgan fingerprint density at radius 2 is 1.89 bits per heavy atom. The third-order valence-electron chi connectivity index (χ3n) is 4.41. The molecule has 1 heterocycles. The Morgan fingerprint density at radius 3 is 2.59 bits per heavy atom. The molecule has 27 heavy (non-hydrogen) atoms. The van der Waals surface area contributed by atoms with E-state index in [2.05, 4.69) is 0 Å². The molecule has 0 aliphatic heterocycles. The molecule has 0 amide bonds. The lowest BCUT2D eigenvalue weighted by Gasteiger charge is -2.14. The molecule has 5 nitrogen and oxygen atoms in total. The standard InChI is InChI=1S/C22H22O5/c1-4-25-21(23)15(3)26-17-10-11-18-14(2)19(22(24)27-20(18)13-17)12-16-8-6-5-7-9-16/h5-11,13,15H,4,12H2,1-3H3/t15-/m0/s1. The van der Waals surface area contributed by atoms with Crippen molar-refractivity contribution in [2.45, 2.75) is 33.3 Å². The van der Waals surface area contributed by atoms with E-state index in [-0.39, 0.29) is 5.63 Å². The molecule has 1 atom stereocenters. The highest BCUT2D eigenvalue weighted by Crippen LogP contribution is 2.26. The van der Waals surface area contributed by atoms with Gasteiger partial charge in [-0.3, -0.25) is 0 Å². The Morgan fingerprint density at radius 1 is 1.15 bits per heavy atom. The number of hydrogen-bond donors (Lipinski definition) is 0. The Hall–Kier alpha value is -3.08. The normalized spacial score (nSPS) is 12.0. The summed E-state index contributed by atoms with van der Waals surface area (Å²) in [6, 6.07) is 15.0. The fourth-order valence-corrected chi connectivity index (χ4v) is 2.96.